The Hall–Kier alpha value is -0.0100. The van der Waals surface area contributed by atoms with Crippen molar-refractivity contribution in [1.82, 2.24) is 0 Å². The zero-order chi connectivity index (χ0) is 5.86. The van der Waals surface area contributed by atoms with Crippen molar-refractivity contribution >= 4 is 28.4 Å². The third-order valence-electron chi connectivity index (χ3n) is 0.312. The maximum absolute atomic E-state index is 9.86. The van der Waals surface area contributed by atoms with Crippen LogP contribution in [0.1, 0.15) is 6.92 Å². The van der Waals surface area contributed by atoms with Crippen molar-refractivity contribution in [3.8, 4) is 0 Å². The molecule has 0 bridgehead atoms. The number of rotatable bonds is 1. The lowest BCUT2D eigenvalue weighted by Crippen LogP contribution is -1.74. The summed E-state index contributed by atoms with van der Waals surface area (Å²) in [5, 5.41) is -0.132. The number of halogens is 2. The van der Waals surface area contributed by atoms with E-state index in [-0.39, 0.29) is 0 Å². The predicted octanol–water partition coefficient (Wildman–Crippen LogP) is 1.89. The molecule has 0 aliphatic heterocycles. The van der Waals surface area contributed by atoms with Gasteiger partial charge in [-0.05, 0) is 18.5 Å². The van der Waals surface area contributed by atoms with Crippen LogP contribution in [0.15, 0.2) is 11.1 Å². The summed E-state index contributed by atoms with van der Waals surface area (Å²) < 4.78 is 0. The summed E-state index contributed by atoms with van der Waals surface area (Å²) in [5.41, 5.74) is 0. The first-order valence-electron chi connectivity index (χ1n) is 1.66. The second kappa shape index (κ2) is 3.05. The van der Waals surface area contributed by atoms with E-state index < -0.39 is 5.24 Å². The fraction of sp³-hybridized carbons (Fsp3) is 0.250. The van der Waals surface area contributed by atoms with Crippen molar-refractivity contribution < 1.29 is 4.79 Å². The van der Waals surface area contributed by atoms with E-state index in [0.717, 1.165) is 6.08 Å². The zero-order valence-electron chi connectivity index (χ0n) is 3.74. The van der Waals surface area contributed by atoms with Crippen molar-refractivity contribution in [2.75, 3.05) is 0 Å². The highest BCUT2D eigenvalue weighted by molar-refractivity contribution is 6.67. The van der Waals surface area contributed by atoms with Gasteiger partial charge in [0.1, 0.15) is 0 Å². The lowest BCUT2D eigenvalue weighted by molar-refractivity contribution is -0.107. The minimum absolute atomic E-state index is 0.403. The third-order valence-corrected chi connectivity index (χ3v) is 0.531. The Kier molecular flexibility index (Phi) is 3.05. The van der Waals surface area contributed by atoms with Crippen molar-refractivity contribution in [3.63, 3.8) is 0 Å². The van der Waals surface area contributed by atoms with Gasteiger partial charge in [0.15, 0.2) is 0 Å². The summed E-state index contributed by atoms with van der Waals surface area (Å²) in [7, 11) is 0. The molecule has 3 heteroatoms. The van der Waals surface area contributed by atoms with E-state index in [1.165, 1.54) is 0 Å². The van der Waals surface area contributed by atoms with Crippen molar-refractivity contribution in [2.45, 2.75) is 6.92 Å². The molecule has 0 aromatic carbocycles. The standard InChI is InChI=1S/C4H4Cl2O/c1-3(5)2-4(6)7/h2H,1H3. The quantitative estimate of drug-likeness (QED) is 0.400. The minimum atomic E-state index is -0.535. The molecule has 0 aromatic rings. The fourth-order valence-corrected chi connectivity index (χ4v) is 0.475. The zero-order valence-corrected chi connectivity index (χ0v) is 5.25. The number of carbonyl (C=O) groups excluding carboxylic acids is 1. The van der Waals surface area contributed by atoms with E-state index >= 15 is 0 Å². The number of carbonyl (C=O) groups is 1. The van der Waals surface area contributed by atoms with Crippen molar-refractivity contribution in [3.05, 3.63) is 11.1 Å². The molecule has 0 atom stereocenters. The summed E-state index contributed by atoms with van der Waals surface area (Å²) in [6.07, 6.45) is 1.14. The Bertz CT molecular complexity index is 102. The number of hydrogen-bond acceptors (Lipinski definition) is 1. The van der Waals surface area contributed by atoms with E-state index in [1.54, 1.807) is 6.92 Å². The molecule has 0 unspecified atom stereocenters. The van der Waals surface area contributed by atoms with Crippen LogP contribution in [0, 0.1) is 0 Å². The molecule has 1 nitrogen and oxygen atoms in total. The molecule has 0 radical (unpaired) electrons. The van der Waals surface area contributed by atoms with E-state index in [2.05, 4.69) is 0 Å². The second-order valence-corrected chi connectivity index (χ2v) is 2.00. The Morgan fingerprint density at radius 1 is 1.57 bits per heavy atom. The van der Waals surface area contributed by atoms with Gasteiger partial charge in [-0.15, -0.1) is 0 Å². The van der Waals surface area contributed by atoms with Gasteiger partial charge in [-0.25, -0.2) is 0 Å². The number of hydrogen-bond donors (Lipinski definition) is 0. The molecule has 40 valence electrons. The molecule has 0 spiro atoms. The van der Waals surface area contributed by atoms with E-state index in [1.807, 2.05) is 0 Å². The maximum Gasteiger partial charge on any atom is 0.246 e. The van der Waals surface area contributed by atoms with Gasteiger partial charge in [0.2, 0.25) is 5.24 Å². The summed E-state index contributed by atoms with van der Waals surface area (Å²) in [5.74, 6) is 0. The number of allylic oxidation sites excluding steroid dienone is 2. The summed E-state index contributed by atoms with van der Waals surface area (Å²) >= 11 is 10.1. The van der Waals surface area contributed by atoms with E-state index in [9.17, 15) is 4.79 Å². The van der Waals surface area contributed by atoms with Gasteiger partial charge < -0.3 is 0 Å². The molecule has 0 N–H and O–H groups in total. The topological polar surface area (TPSA) is 17.1 Å². The molecule has 0 aliphatic carbocycles. The highest BCUT2D eigenvalue weighted by Gasteiger charge is 1.85. The first-order chi connectivity index (χ1) is 3.13. The molecule has 0 fully saturated rings. The van der Waals surface area contributed by atoms with Gasteiger partial charge in [-0.3, -0.25) is 4.79 Å². The molecular weight excluding hydrogens is 135 g/mol. The Morgan fingerprint density at radius 2 is 2.00 bits per heavy atom. The monoisotopic (exact) mass is 138 g/mol. The minimum Gasteiger partial charge on any atom is -0.276 e. The second-order valence-electron chi connectivity index (χ2n) is 1.04. The maximum atomic E-state index is 9.86. The SMILES string of the molecule is CC(Cl)=CC(=O)Cl. The lowest BCUT2D eigenvalue weighted by atomic mass is 10.6. The molecule has 0 saturated heterocycles. The Balaban J connectivity index is 3.68. The van der Waals surface area contributed by atoms with Crippen LogP contribution in [-0.4, -0.2) is 5.24 Å². The largest absolute Gasteiger partial charge is 0.276 e. The average Bonchev–Trinajstić information content (AvgIpc) is 1.27. The van der Waals surface area contributed by atoms with Crippen LogP contribution in [0.5, 0.6) is 0 Å². The first kappa shape index (κ1) is 6.99. The van der Waals surface area contributed by atoms with Gasteiger partial charge in [0.05, 0.1) is 0 Å². The van der Waals surface area contributed by atoms with E-state index in [0.29, 0.717) is 5.03 Å². The van der Waals surface area contributed by atoms with Crippen LogP contribution in [0.25, 0.3) is 0 Å². The first-order valence-corrected chi connectivity index (χ1v) is 2.42. The van der Waals surface area contributed by atoms with E-state index in [4.69, 9.17) is 23.2 Å². The predicted molar refractivity (Wildman–Crippen MR) is 30.5 cm³/mol. The smallest absolute Gasteiger partial charge is 0.246 e. The van der Waals surface area contributed by atoms with Crippen LogP contribution in [0.2, 0.25) is 0 Å². The van der Waals surface area contributed by atoms with Crippen LogP contribution in [0.4, 0.5) is 0 Å². The molecular formula is C4H4Cl2O. The molecule has 0 aliphatic rings. The van der Waals surface area contributed by atoms with Gasteiger partial charge in [-0.2, -0.15) is 0 Å². The average molecular weight is 139 g/mol. The lowest BCUT2D eigenvalue weighted by Gasteiger charge is -1.75. The van der Waals surface area contributed by atoms with Gasteiger partial charge in [0, 0.05) is 11.1 Å². The van der Waals surface area contributed by atoms with Crippen molar-refractivity contribution in [1.29, 1.82) is 0 Å². The highest BCUT2D eigenvalue weighted by atomic mass is 35.5. The molecule has 0 rings (SSSR count). The van der Waals surface area contributed by atoms with Crippen LogP contribution < -0.4 is 0 Å². The molecule has 0 amide bonds. The van der Waals surface area contributed by atoms with Gasteiger partial charge in [-0.1, -0.05) is 11.6 Å². The van der Waals surface area contributed by atoms with Gasteiger partial charge in [0.25, 0.3) is 0 Å². The third kappa shape index (κ3) is 5.99. The molecule has 7 heavy (non-hydrogen) atoms. The summed E-state index contributed by atoms with van der Waals surface area (Å²) in [4.78, 5) is 9.86. The summed E-state index contributed by atoms with van der Waals surface area (Å²) in [6, 6.07) is 0. The summed E-state index contributed by atoms with van der Waals surface area (Å²) in [6.45, 7) is 1.59. The normalized spacial score (nSPS) is 11.6. The highest BCUT2D eigenvalue weighted by Crippen LogP contribution is 1.98. The Labute approximate surface area is 51.9 Å². The van der Waals surface area contributed by atoms with Crippen LogP contribution >= 0.6 is 23.2 Å². The van der Waals surface area contributed by atoms with Crippen LogP contribution in [0.3, 0.4) is 0 Å². The fourth-order valence-electron chi connectivity index (χ4n) is 0.156. The van der Waals surface area contributed by atoms with Gasteiger partial charge >= 0.3 is 0 Å². The molecule has 0 heterocycles. The molecule has 0 saturated carbocycles. The Morgan fingerprint density at radius 3 is 2.00 bits per heavy atom. The van der Waals surface area contributed by atoms with Crippen LogP contribution in [-0.2, 0) is 4.79 Å². The molecule has 0 aromatic heterocycles. The van der Waals surface area contributed by atoms with Crippen molar-refractivity contribution in [2.24, 2.45) is 0 Å².